The topological polar surface area (TPSA) is 66.8 Å². The van der Waals surface area contributed by atoms with Crippen molar-refractivity contribution in [3.63, 3.8) is 0 Å². The van der Waals surface area contributed by atoms with Gasteiger partial charge in [-0.3, -0.25) is 4.79 Å². The van der Waals surface area contributed by atoms with Crippen molar-refractivity contribution in [3.05, 3.63) is 30.9 Å². The van der Waals surface area contributed by atoms with Gasteiger partial charge in [0, 0.05) is 18.2 Å². The molecule has 0 aliphatic heterocycles. The molecule has 0 atom stereocenters. The Morgan fingerprint density at radius 1 is 1.36 bits per heavy atom. The summed E-state index contributed by atoms with van der Waals surface area (Å²) in [5.41, 5.74) is 0. The maximum atomic E-state index is 11.0. The smallest absolute Gasteiger partial charge is 0.315 e. The van der Waals surface area contributed by atoms with E-state index in [1.807, 2.05) is 0 Å². The van der Waals surface area contributed by atoms with E-state index >= 15 is 0 Å². The van der Waals surface area contributed by atoms with Gasteiger partial charge in [-0.15, -0.1) is 6.58 Å². The molecule has 4 nitrogen and oxygen atoms in total. The zero-order chi connectivity index (χ0) is 10.6. The van der Waals surface area contributed by atoms with E-state index < -0.39 is 5.97 Å². The van der Waals surface area contributed by atoms with Crippen LogP contribution >= 0.6 is 0 Å². The van der Waals surface area contributed by atoms with Crippen LogP contribution in [0.5, 0.6) is 17.2 Å². The minimum atomic E-state index is -0.495. The Balaban J connectivity index is 2.76. The van der Waals surface area contributed by atoms with Crippen molar-refractivity contribution in [1.82, 2.24) is 0 Å². The predicted molar refractivity (Wildman–Crippen MR) is 50.2 cm³/mol. The second kappa shape index (κ2) is 4.32. The lowest BCUT2D eigenvalue weighted by molar-refractivity contribution is -0.133. The molecule has 0 fully saturated rings. The standard InChI is InChI=1S/C10H10O4/c1-2-3-10(13)14-9-5-7(11)4-8(12)6-9/h2,4-6,11-12H,1,3H2. The summed E-state index contributed by atoms with van der Waals surface area (Å²) in [5.74, 6) is -0.711. The molecule has 0 saturated carbocycles. The molecule has 14 heavy (non-hydrogen) atoms. The fourth-order valence-corrected chi connectivity index (χ4v) is 0.918. The number of carbonyl (C=O) groups is 1. The molecule has 1 aromatic rings. The first-order chi connectivity index (χ1) is 6.61. The molecular weight excluding hydrogens is 184 g/mol. The van der Waals surface area contributed by atoms with Gasteiger partial charge in [-0.1, -0.05) is 6.08 Å². The lowest BCUT2D eigenvalue weighted by atomic mass is 10.3. The lowest BCUT2D eigenvalue weighted by Gasteiger charge is -2.03. The molecule has 0 bridgehead atoms. The Hall–Kier alpha value is -1.97. The SMILES string of the molecule is C=CCC(=O)Oc1cc(O)cc(O)c1. The molecule has 0 aromatic heterocycles. The maximum absolute atomic E-state index is 11.0. The summed E-state index contributed by atoms with van der Waals surface area (Å²) in [7, 11) is 0. The van der Waals surface area contributed by atoms with Gasteiger partial charge in [-0.2, -0.15) is 0 Å². The van der Waals surface area contributed by atoms with Gasteiger partial charge in [-0.25, -0.2) is 0 Å². The average Bonchev–Trinajstić information content (AvgIpc) is 2.01. The van der Waals surface area contributed by atoms with Crippen molar-refractivity contribution in [2.75, 3.05) is 0 Å². The van der Waals surface area contributed by atoms with Crippen LogP contribution in [0.1, 0.15) is 6.42 Å². The number of ether oxygens (including phenoxy) is 1. The average molecular weight is 194 g/mol. The molecular formula is C10H10O4. The quantitative estimate of drug-likeness (QED) is 0.435. The number of aromatic hydroxyl groups is 2. The third kappa shape index (κ3) is 2.82. The normalized spacial score (nSPS) is 9.43. The second-order valence-electron chi connectivity index (χ2n) is 2.65. The minimum Gasteiger partial charge on any atom is -0.508 e. The largest absolute Gasteiger partial charge is 0.508 e. The fourth-order valence-electron chi connectivity index (χ4n) is 0.918. The highest BCUT2D eigenvalue weighted by Gasteiger charge is 2.04. The Morgan fingerprint density at radius 2 is 1.93 bits per heavy atom. The van der Waals surface area contributed by atoms with Crippen LogP contribution < -0.4 is 4.74 Å². The third-order valence-electron chi connectivity index (χ3n) is 1.42. The summed E-state index contributed by atoms with van der Waals surface area (Å²) in [4.78, 5) is 11.0. The van der Waals surface area contributed by atoms with Crippen LogP contribution in [0.2, 0.25) is 0 Å². The first-order valence-electron chi connectivity index (χ1n) is 3.96. The Bertz CT molecular complexity index is 337. The van der Waals surface area contributed by atoms with Crippen molar-refractivity contribution in [3.8, 4) is 17.2 Å². The maximum Gasteiger partial charge on any atom is 0.315 e. The van der Waals surface area contributed by atoms with Crippen LogP contribution in [0.15, 0.2) is 30.9 Å². The van der Waals surface area contributed by atoms with E-state index in [1.54, 1.807) is 0 Å². The summed E-state index contributed by atoms with van der Waals surface area (Å²) in [6.45, 7) is 3.38. The molecule has 0 aliphatic rings. The van der Waals surface area contributed by atoms with E-state index in [0.29, 0.717) is 0 Å². The number of hydrogen-bond donors (Lipinski definition) is 2. The van der Waals surface area contributed by atoms with E-state index in [2.05, 4.69) is 6.58 Å². The molecule has 0 aliphatic carbocycles. The van der Waals surface area contributed by atoms with Crippen LogP contribution in [-0.2, 0) is 4.79 Å². The van der Waals surface area contributed by atoms with Crippen LogP contribution in [0.4, 0.5) is 0 Å². The number of phenolic OH excluding ortho intramolecular Hbond substituents is 2. The summed E-state index contributed by atoms with van der Waals surface area (Å²) in [6, 6.07) is 3.62. The number of hydrogen-bond acceptors (Lipinski definition) is 4. The van der Waals surface area contributed by atoms with Crippen molar-refractivity contribution < 1.29 is 19.7 Å². The summed E-state index contributed by atoms with van der Waals surface area (Å²) < 4.78 is 4.79. The van der Waals surface area contributed by atoms with Gasteiger partial charge in [0.15, 0.2) is 0 Å². The highest BCUT2D eigenvalue weighted by atomic mass is 16.5. The molecule has 0 unspecified atom stereocenters. The predicted octanol–water partition coefficient (Wildman–Crippen LogP) is 1.58. The van der Waals surface area contributed by atoms with E-state index in [4.69, 9.17) is 14.9 Å². The van der Waals surface area contributed by atoms with Gasteiger partial charge >= 0.3 is 5.97 Å². The molecule has 0 radical (unpaired) electrons. The molecule has 0 heterocycles. The molecule has 1 rings (SSSR count). The number of benzene rings is 1. The summed E-state index contributed by atoms with van der Waals surface area (Å²) in [5, 5.41) is 18.1. The van der Waals surface area contributed by atoms with Crippen LogP contribution in [0, 0.1) is 0 Å². The molecule has 74 valence electrons. The summed E-state index contributed by atoms with van der Waals surface area (Å²) >= 11 is 0. The second-order valence-corrected chi connectivity index (χ2v) is 2.65. The first-order valence-corrected chi connectivity index (χ1v) is 3.96. The van der Waals surface area contributed by atoms with E-state index in [0.717, 1.165) is 6.07 Å². The fraction of sp³-hybridized carbons (Fsp3) is 0.100. The molecule has 0 amide bonds. The van der Waals surface area contributed by atoms with Crippen LogP contribution in [0.3, 0.4) is 0 Å². The zero-order valence-corrected chi connectivity index (χ0v) is 7.43. The lowest BCUT2D eigenvalue weighted by Crippen LogP contribution is -2.05. The van der Waals surface area contributed by atoms with E-state index in [1.165, 1.54) is 18.2 Å². The molecule has 0 saturated heterocycles. The van der Waals surface area contributed by atoms with Gasteiger partial charge in [0.1, 0.15) is 17.2 Å². The van der Waals surface area contributed by atoms with Crippen LogP contribution in [-0.4, -0.2) is 16.2 Å². The minimum absolute atomic E-state index is 0.0798. The molecule has 2 N–H and O–H groups in total. The molecule has 1 aromatic carbocycles. The number of carbonyl (C=O) groups excluding carboxylic acids is 1. The Labute approximate surface area is 81.1 Å². The van der Waals surface area contributed by atoms with E-state index in [9.17, 15) is 4.79 Å². The third-order valence-corrected chi connectivity index (χ3v) is 1.42. The Kier molecular flexibility index (Phi) is 3.12. The van der Waals surface area contributed by atoms with Gasteiger partial charge in [-0.05, 0) is 0 Å². The highest BCUT2D eigenvalue weighted by Crippen LogP contribution is 2.25. The first kappa shape index (κ1) is 10.1. The van der Waals surface area contributed by atoms with E-state index in [-0.39, 0.29) is 23.7 Å². The number of phenols is 2. The molecule has 4 heteroatoms. The summed E-state index contributed by atoms with van der Waals surface area (Å²) in [6.07, 6.45) is 1.49. The van der Waals surface area contributed by atoms with Gasteiger partial charge in [0.25, 0.3) is 0 Å². The number of esters is 1. The number of rotatable bonds is 3. The molecule has 0 spiro atoms. The highest BCUT2D eigenvalue weighted by molar-refractivity contribution is 5.74. The zero-order valence-electron chi connectivity index (χ0n) is 7.43. The van der Waals surface area contributed by atoms with Gasteiger partial charge in [0.2, 0.25) is 0 Å². The van der Waals surface area contributed by atoms with Gasteiger partial charge < -0.3 is 14.9 Å². The van der Waals surface area contributed by atoms with Crippen LogP contribution in [0.25, 0.3) is 0 Å². The van der Waals surface area contributed by atoms with Crippen molar-refractivity contribution in [2.24, 2.45) is 0 Å². The Morgan fingerprint density at radius 3 is 2.43 bits per heavy atom. The van der Waals surface area contributed by atoms with Gasteiger partial charge in [0.05, 0.1) is 6.42 Å². The van der Waals surface area contributed by atoms with Crippen molar-refractivity contribution in [1.29, 1.82) is 0 Å². The van der Waals surface area contributed by atoms with Crippen molar-refractivity contribution >= 4 is 5.97 Å². The monoisotopic (exact) mass is 194 g/mol. The van der Waals surface area contributed by atoms with Crippen molar-refractivity contribution in [2.45, 2.75) is 6.42 Å².